The van der Waals surface area contributed by atoms with E-state index in [0.29, 0.717) is 0 Å². The third-order valence-electron chi connectivity index (χ3n) is 1.71. The number of alkyl halides is 3. The monoisotopic (exact) mass is 213 g/mol. The molecule has 14 heavy (non-hydrogen) atoms. The van der Waals surface area contributed by atoms with Crippen LogP contribution in [-0.2, 0) is 4.74 Å². The summed E-state index contributed by atoms with van der Waals surface area (Å²) >= 11 is 0. The lowest BCUT2D eigenvalue weighted by Crippen LogP contribution is -2.38. The number of ether oxygens (including phenoxy) is 1. The Morgan fingerprint density at radius 1 is 1.36 bits per heavy atom. The summed E-state index contributed by atoms with van der Waals surface area (Å²) in [6.45, 7) is 3.83. The summed E-state index contributed by atoms with van der Waals surface area (Å²) in [6, 6.07) is -0.212. The molecule has 0 saturated heterocycles. The molecular formula is C8H14F3NO2. The van der Waals surface area contributed by atoms with Gasteiger partial charge in [0.2, 0.25) is 0 Å². The maximum atomic E-state index is 11.6. The smallest absolute Gasteiger partial charge is 0.422 e. The van der Waals surface area contributed by atoms with E-state index in [2.05, 4.69) is 10.1 Å². The predicted octanol–water partition coefficient (Wildman–Crippen LogP) is 2.32. The van der Waals surface area contributed by atoms with Crippen molar-refractivity contribution in [2.45, 2.75) is 33.0 Å². The third kappa shape index (κ3) is 6.56. The van der Waals surface area contributed by atoms with Crippen LogP contribution in [0.3, 0.4) is 0 Å². The van der Waals surface area contributed by atoms with Crippen molar-refractivity contribution in [3.63, 3.8) is 0 Å². The number of amides is 1. The lowest BCUT2D eigenvalue weighted by molar-refractivity contribution is -0.160. The number of alkyl carbamates (subject to hydrolysis) is 1. The lowest BCUT2D eigenvalue weighted by Gasteiger charge is -2.17. The Labute approximate surface area is 80.6 Å². The fourth-order valence-electron chi connectivity index (χ4n) is 0.542. The van der Waals surface area contributed by atoms with Gasteiger partial charge >= 0.3 is 12.3 Å². The molecule has 0 aliphatic carbocycles. The molecule has 1 amide bonds. The van der Waals surface area contributed by atoms with E-state index < -0.39 is 18.9 Å². The average Bonchev–Trinajstić information content (AvgIpc) is 1.99. The normalized spacial score (nSPS) is 13.9. The summed E-state index contributed by atoms with van der Waals surface area (Å²) in [5.41, 5.74) is 0. The minimum atomic E-state index is -4.47. The number of hydrogen-bond donors (Lipinski definition) is 1. The van der Waals surface area contributed by atoms with E-state index in [4.69, 9.17) is 0 Å². The minimum Gasteiger partial charge on any atom is -0.440 e. The van der Waals surface area contributed by atoms with E-state index in [9.17, 15) is 18.0 Å². The highest BCUT2D eigenvalue weighted by atomic mass is 19.4. The molecule has 6 heteroatoms. The van der Waals surface area contributed by atoms with Crippen LogP contribution < -0.4 is 5.32 Å². The predicted molar refractivity (Wildman–Crippen MR) is 44.8 cm³/mol. The van der Waals surface area contributed by atoms with Gasteiger partial charge in [0.05, 0.1) is 0 Å². The molecule has 3 nitrogen and oxygen atoms in total. The van der Waals surface area contributed by atoms with Gasteiger partial charge in [-0.2, -0.15) is 13.2 Å². The second kappa shape index (κ2) is 5.07. The zero-order valence-corrected chi connectivity index (χ0v) is 8.31. The summed E-state index contributed by atoms with van der Waals surface area (Å²) in [4.78, 5) is 10.8. The van der Waals surface area contributed by atoms with Crippen molar-refractivity contribution in [1.29, 1.82) is 0 Å². The first-order chi connectivity index (χ1) is 6.22. The van der Waals surface area contributed by atoms with E-state index in [1.54, 1.807) is 6.92 Å². The van der Waals surface area contributed by atoms with Gasteiger partial charge in [0.1, 0.15) is 0 Å². The molecule has 0 aliphatic heterocycles. The Morgan fingerprint density at radius 3 is 2.21 bits per heavy atom. The third-order valence-corrected chi connectivity index (χ3v) is 1.71. The van der Waals surface area contributed by atoms with Gasteiger partial charge in [-0.1, -0.05) is 13.8 Å². The molecule has 0 aromatic carbocycles. The molecule has 0 heterocycles. The van der Waals surface area contributed by atoms with E-state index in [1.807, 2.05) is 13.8 Å². The lowest BCUT2D eigenvalue weighted by atomic mass is 10.1. The van der Waals surface area contributed by atoms with E-state index >= 15 is 0 Å². The Hall–Kier alpha value is -0.940. The molecule has 0 aromatic rings. The molecule has 1 unspecified atom stereocenters. The maximum Gasteiger partial charge on any atom is 0.422 e. The Bertz CT molecular complexity index is 192. The largest absolute Gasteiger partial charge is 0.440 e. The van der Waals surface area contributed by atoms with Gasteiger partial charge in [-0.15, -0.1) is 0 Å². The second-order valence-corrected chi connectivity index (χ2v) is 3.37. The zero-order chi connectivity index (χ0) is 11.4. The molecule has 0 aliphatic rings. The van der Waals surface area contributed by atoms with Crippen molar-refractivity contribution in [2.75, 3.05) is 6.61 Å². The highest BCUT2D eigenvalue weighted by Gasteiger charge is 2.29. The molecule has 0 aromatic heterocycles. The quantitative estimate of drug-likeness (QED) is 0.781. The number of hydrogen-bond acceptors (Lipinski definition) is 2. The van der Waals surface area contributed by atoms with Gasteiger partial charge in [-0.3, -0.25) is 0 Å². The van der Waals surface area contributed by atoms with Crippen LogP contribution >= 0.6 is 0 Å². The van der Waals surface area contributed by atoms with Crippen molar-refractivity contribution in [3.8, 4) is 0 Å². The minimum absolute atomic E-state index is 0.147. The van der Waals surface area contributed by atoms with Gasteiger partial charge in [0.15, 0.2) is 6.61 Å². The summed E-state index contributed by atoms with van der Waals surface area (Å²) in [7, 11) is 0. The Balaban J connectivity index is 3.77. The van der Waals surface area contributed by atoms with Gasteiger partial charge in [0, 0.05) is 6.04 Å². The molecule has 1 atom stereocenters. The first kappa shape index (κ1) is 13.1. The summed E-state index contributed by atoms with van der Waals surface area (Å²) in [5.74, 6) is 0.147. The van der Waals surface area contributed by atoms with E-state index in [1.165, 1.54) is 0 Å². The van der Waals surface area contributed by atoms with Gasteiger partial charge in [-0.05, 0) is 12.8 Å². The number of carbonyl (C=O) groups excluding carboxylic acids is 1. The van der Waals surface area contributed by atoms with Crippen LogP contribution in [0.1, 0.15) is 20.8 Å². The molecule has 0 rings (SSSR count). The zero-order valence-electron chi connectivity index (χ0n) is 8.31. The number of halogens is 3. The number of rotatable bonds is 3. The topological polar surface area (TPSA) is 38.3 Å². The molecule has 0 bridgehead atoms. The number of nitrogens with one attached hydrogen (secondary N) is 1. The standard InChI is InChI=1S/C8H14F3NO2/c1-5(2)6(3)12-7(13)14-4-8(9,10)11/h5-6H,4H2,1-3H3,(H,12,13). The molecule has 0 fully saturated rings. The molecular weight excluding hydrogens is 199 g/mol. The summed E-state index contributed by atoms with van der Waals surface area (Å²) < 4.78 is 38.8. The van der Waals surface area contributed by atoms with Crippen molar-refractivity contribution >= 4 is 6.09 Å². The maximum absolute atomic E-state index is 11.6. The Morgan fingerprint density at radius 2 is 1.86 bits per heavy atom. The van der Waals surface area contributed by atoms with Crippen LogP contribution in [0.2, 0.25) is 0 Å². The van der Waals surface area contributed by atoms with Crippen LogP contribution in [0.4, 0.5) is 18.0 Å². The first-order valence-electron chi connectivity index (χ1n) is 4.22. The van der Waals surface area contributed by atoms with Crippen molar-refractivity contribution in [2.24, 2.45) is 5.92 Å². The van der Waals surface area contributed by atoms with Gasteiger partial charge in [0.25, 0.3) is 0 Å². The second-order valence-electron chi connectivity index (χ2n) is 3.37. The average molecular weight is 213 g/mol. The van der Waals surface area contributed by atoms with Crippen molar-refractivity contribution in [3.05, 3.63) is 0 Å². The van der Waals surface area contributed by atoms with Crippen LogP contribution in [-0.4, -0.2) is 24.9 Å². The summed E-state index contributed by atoms with van der Waals surface area (Å²) in [6.07, 6.45) is -5.51. The fraction of sp³-hybridized carbons (Fsp3) is 0.875. The first-order valence-corrected chi connectivity index (χ1v) is 4.22. The van der Waals surface area contributed by atoms with Crippen LogP contribution in [0, 0.1) is 5.92 Å². The molecule has 84 valence electrons. The van der Waals surface area contributed by atoms with Gasteiger partial charge in [-0.25, -0.2) is 4.79 Å². The van der Waals surface area contributed by atoms with E-state index in [-0.39, 0.29) is 12.0 Å². The Kier molecular flexibility index (Phi) is 4.73. The van der Waals surface area contributed by atoms with E-state index in [0.717, 1.165) is 0 Å². The fourth-order valence-corrected chi connectivity index (χ4v) is 0.542. The van der Waals surface area contributed by atoms with Crippen LogP contribution in [0.25, 0.3) is 0 Å². The molecule has 0 saturated carbocycles. The molecule has 0 spiro atoms. The van der Waals surface area contributed by atoms with Crippen molar-refractivity contribution in [1.82, 2.24) is 5.32 Å². The molecule has 0 radical (unpaired) electrons. The van der Waals surface area contributed by atoms with Crippen molar-refractivity contribution < 1.29 is 22.7 Å². The van der Waals surface area contributed by atoms with Crippen LogP contribution in [0.5, 0.6) is 0 Å². The highest BCUT2D eigenvalue weighted by Crippen LogP contribution is 2.14. The summed E-state index contributed by atoms with van der Waals surface area (Å²) in [5, 5.41) is 2.29. The van der Waals surface area contributed by atoms with Crippen LogP contribution in [0.15, 0.2) is 0 Å². The highest BCUT2D eigenvalue weighted by molar-refractivity contribution is 5.67. The SMILES string of the molecule is CC(C)C(C)NC(=O)OCC(F)(F)F. The molecule has 1 N–H and O–H groups in total. The number of carbonyl (C=O) groups is 1. The van der Waals surface area contributed by atoms with Gasteiger partial charge < -0.3 is 10.1 Å².